The summed E-state index contributed by atoms with van der Waals surface area (Å²) >= 11 is 1.66. The number of nitrogens with zero attached hydrogens (tertiary/aromatic N) is 3. The fraction of sp³-hybridized carbons (Fsp3) is 0.353. The number of hydrogen-bond acceptors (Lipinski definition) is 6. The number of nitrogens with one attached hydrogen (secondary N) is 1. The Kier molecular flexibility index (Phi) is 4.54. The molecular formula is C17H21N5S. The molecule has 23 heavy (non-hydrogen) atoms. The minimum Gasteiger partial charge on any atom is -0.367 e. The molecule has 120 valence electrons. The van der Waals surface area contributed by atoms with Gasteiger partial charge >= 0.3 is 0 Å². The molecule has 6 heteroatoms. The van der Waals surface area contributed by atoms with Crippen LogP contribution in [0.2, 0.25) is 0 Å². The Balaban J connectivity index is 2.02. The first-order valence-electron chi connectivity index (χ1n) is 7.72. The molecule has 0 aliphatic rings. The predicted molar refractivity (Wildman–Crippen MR) is 96.7 cm³/mol. The van der Waals surface area contributed by atoms with E-state index in [1.807, 2.05) is 12.1 Å². The largest absolute Gasteiger partial charge is 0.367 e. The summed E-state index contributed by atoms with van der Waals surface area (Å²) in [5, 5.41) is 5.53. The van der Waals surface area contributed by atoms with Crippen LogP contribution in [0.4, 0.5) is 5.82 Å². The summed E-state index contributed by atoms with van der Waals surface area (Å²) in [6.45, 7) is 7.02. The van der Waals surface area contributed by atoms with Crippen molar-refractivity contribution in [2.45, 2.75) is 26.8 Å². The van der Waals surface area contributed by atoms with E-state index in [-0.39, 0.29) is 6.04 Å². The van der Waals surface area contributed by atoms with Crippen LogP contribution in [0.15, 0.2) is 29.9 Å². The number of thiophene rings is 1. The number of rotatable bonds is 5. The Morgan fingerprint density at radius 1 is 1.22 bits per heavy atom. The lowest BCUT2D eigenvalue weighted by Crippen LogP contribution is -2.34. The molecule has 0 saturated heterocycles. The molecule has 5 nitrogen and oxygen atoms in total. The van der Waals surface area contributed by atoms with E-state index in [0.717, 1.165) is 21.6 Å². The number of aromatic nitrogens is 3. The van der Waals surface area contributed by atoms with E-state index < -0.39 is 0 Å². The number of anilines is 1. The van der Waals surface area contributed by atoms with Crippen molar-refractivity contribution in [3.05, 3.63) is 35.5 Å². The van der Waals surface area contributed by atoms with Crippen molar-refractivity contribution in [1.29, 1.82) is 0 Å². The molecule has 3 N–H and O–H groups in total. The third-order valence-electron chi connectivity index (χ3n) is 3.89. The summed E-state index contributed by atoms with van der Waals surface area (Å²) in [4.78, 5) is 13.5. The maximum Gasteiger partial charge on any atom is 0.162 e. The first kappa shape index (κ1) is 15.8. The third-order valence-corrected chi connectivity index (χ3v) is 4.99. The highest BCUT2D eigenvalue weighted by molar-refractivity contribution is 7.18. The molecule has 1 atom stereocenters. The van der Waals surface area contributed by atoms with Crippen LogP contribution in [0.1, 0.15) is 19.4 Å². The summed E-state index contributed by atoms with van der Waals surface area (Å²) in [6, 6.07) is 3.93. The average Bonchev–Trinajstić information content (AvgIpc) is 2.94. The van der Waals surface area contributed by atoms with Crippen LogP contribution in [-0.4, -0.2) is 27.5 Å². The lowest BCUT2D eigenvalue weighted by molar-refractivity contribution is 0.511. The fourth-order valence-electron chi connectivity index (χ4n) is 2.23. The number of aryl methyl sites for hydroxylation is 1. The number of hydrogen-bond donors (Lipinski definition) is 2. The van der Waals surface area contributed by atoms with Gasteiger partial charge in [0.15, 0.2) is 5.82 Å². The van der Waals surface area contributed by atoms with Crippen molar-refractivity contribution in [3.8, 4) is 11.4 Å². The summed E-state index contributed by atoms with van der Waals surface area (Å²) in [5.74, 6) is 1.99. The molecule has 0 unspecified atom stereocenters. The fourth-order valence-corrected chi connectivity index (χ4v) is 3.19. The Labute approximate surface area is 140 Å². The lowest BCUT2D eigenvalue weighted by atomic mass is 10.1. The molecule has 3 aromatic heterocycles. The number of fused-ring (bicyclic) bond motifs is 1. The van der Waals surface area contributed by atoms with Gasteiger partial charge < -0.3 is 11.1 Å². The van der Waals surface area contributed by atoms with Gasteiger partial charge in [-0.05, 0) is 35.9 Å². The monoisotopic (exact) mass is 327 g/mol. The smallest absolute Gasteiger partial charge is 0.162 e. The highest BCUT2D eigenvalue weighted by Crippen LogP contribution is 2.31. The molecule has 0 aromatic carbocycles. The number of nitrogens with two attached hydrogens (primary N) is 1. The van der Waals surface area contributed by atoms with Crippen molar-refractivity contribution in [2.75, 3.05) is 11.9 Å². The van der Waals surface area contributed by atoms with Crippen molar-refractivity contribution in [3.63, 3.8) is 0 Å². The maximum absolute atomic E-state index is 6.15. The first-order valence-corrected chi connectivity index (χ1v) is 8.60. The zero-order chi connectivity index (χ0) is 16.4. The molecule has 0 amide bonds. The van der Waals surface area contributed by atoms with Crippen LogP contribution in [0.3, 0.4) is 0 Å². The second-order valence-electron chi connectivity index (χ2n) is 6.02. The van der Waals surface area contributed by atoms with E-state index in [9.17, 15) is 0 Å². The van der Waals surface area contributed by atoms with Gasteiger partial charge in [-0.3, -0.25) is 4.98 Å². The standard InChI is InChI=1S/C17H21N5S/c1-10(2)13(18)8-20-17-15-14(11(3)9-23-15)21-16(22-17)12-4-6-19-7-5-12/h4-7,9-10,13H,8,18H2,1-3H3,(H,20,21,22)/t13-/m1/s1. The highest BCUT2D eigenvalue weighted by atomic mass is 32.1. The topological polar surface area (TPSA) is 76.7 Å². The molecule has 0 bridgehead atoms. The molecular weight excluding hydrogens is 306 g/mol. The Hall–Kier alpha value is -2.05. The molecule has 3 rings (SSSR count). The minimum atomic E-state index is 0.0884. The van der Waals surface area contributed by atoms with Gasteiger partial charge in [-0.25, -0.2) is 9.97 Å². The Bertz CT molecular complexity index is 797. The van der Waals surface area contributed by atoms with Gasteiger partial charge in [0.1, 0.15) is 5.82 Å². The van der Waals surface area contributed by atoms with Gasteiger partial charge in [0.25, 0.3) is 0 Å². The summed E-state index contributed by atoms with van der Waals surface area (Å²) < 4.78 is 1.08. The number of pyridine rings is 1. The van der Waals surface area contributed by atoms with Crippen LogP contribution < -0.4 is 11.1 Å². The van der Waals surface area contributed by atoms with Crippen LogP contribution in [0.5, 0.6) is 0 Å². The van der Waals surface area contributed by atoms with E-state index >= 15 is 0 Å². The Morgan fingerprint density at radius 2 is 1.96 bits per heavy atom. The minimum absolute atomic E-state index is 0.0884. The Morgan fingerprint density at radius 3 is 2.65 bits per heavy atom. The molecule has 0 fully saturated rings. The van der Waals surface area contributed by atoms with Crippen molar-refractivity contribution in [1.82, 2.24) is 15.0 Å². The van der Waals surface area contributed by atoms with E-state index in [2.05, 4.69) is 36.5 Å². The quantitative estimate of drug-likeness (QED) is 0.750. The van der Waals surface area contributed by atoms with Crippen LogP contribution in [-0.2, 0) is 0 Å². The van der Waals surface area contributed by atoms with Gasteiger partial charge in [-0.2, -0.15) is 0 Å². The molecule has 3 heterocycles. The van der Waals surface area contributed by atoms with Crippen molar-refractivity contribution >= 4 is 27.4 Å². The second kappa shape index (κ2) is 6.60. The van der Waals surface area contributed by atoms with Crippen LogP contribution in [0, 0.1) is 12.8 Å². The molecule has 3 aromatic rings. The molecule has 0 aliphatic carbocycles. The van der Waals surface area contributed by atoms with Gasteiger partial charge in [-0.1, -0.05) is 13.8 Å². The van der Waals surface area contributed by atoms with Gasteiger partial charge in [0.05, 0.1) is 10.2 Å². The average molecular weight is 327 g/mol. The highest BCUT2D eigenvalue weighted by Gasteiger charge is 2.14. The second-order valence-corrected chi connectivity index (χ2v) is 6.90. The normalized spacial score (nSPS) is 12.7. The zero-order valence-corrected chi connectivity index (χ0v) is 14.4. The molecule has 0 spiro atoms. The van der Waals surface area contributed by atoms with E-state index in [0.29, 0.717) is 18.3 Å². The SMILES string of the molecule is Cc1csc2c(NC[C@@H](N)C(C)C)nc(-c3ccncc3)nc12. The molecule has 0 aliphatic heterocycles. The first-order chi connectivity index (χ1) is 11.1. The van der Waals surface area contributed by atoms with E-state index in [4.69, 9.17) is 15.7 Å². The third kappa shape index (κ3) is 3.33. The van der Waals surface area contributed by atoms with Crippen molar-refractivity contribution in [2.24, 2.45) is 11.7 Å². The van der Waals surface area contributed by atoms with Crippen molar-refractivity contribution < 1.29 is 0 Å². The summed E-state index contributed by atoms with van der Waals surface area (Å²) in [7, 11) is 0. The summed E-state index contributed by atoms with van der Waals surface area (Å²) in [5.41, 5.74) is 9.28. The maximum atomic E-state index is 6.15. The van der Waals surface area contributed by atoms with Gasteiger partial charge in [0, 0.05) is 30.5 Å². The van der Waals surface area contributed by atoms with Crippen LogP contribution in [0.25, 0.3) is 21.6 Å². The van der Waals surface area contributed by atoms with E-state index in [1.165, 1.54) is 5.56 Å². The molecule has 0 radical (unpaired) electrons. The van der Waals surface area contributed by atoms with Crippen LogP contribution >= 0.6 is 11.3 Å². The molecule has 0 saturated carbocycles. The van der Waals surface area contributed by atoms with E-state index in [1.54, 1.807) is 23.7 Å². The lowest BCUT2D eigenvalue weighted by Gasteiger charge is -2.17. The summed E-state index contributed by atoms with van der Waals surface area (Å²) in [6.07, 6.45) is 3.51. The van der Waals surface area contributed by atoms with Gasteiger partial charge in [0.2, 0.25) is 0 Å². The zero-order valence-electron chi connectivity index (χ0n) is 13.6. The predicted octanol–water partition coefficient (Wildman–Crippen LogP) is 3.46. The van der Waals surface area contributed by atoms with Gasteiger partial charge in [-0.15, -0.1) is 11.3 Å².